The molecule has 0 fully saturated rings. The second-order valence-corrected chi connectivity index (χ2v) is 5.67. The molecule has 0 unspecified atom stereocenters. The number of ether oxygens (including phenoxy) is 1. The summed E-state index contributed by atoms with van der Waals surface area (Å²) in [5, 5.41) is 2.99. The molecule has 5 heteroatoms. The number of benzene rings is 1. The number of nitrogens with zero attached hydrogens (tertiary/aromatic N) is 2. The van der Waals surface area contributed by atoms with Crippen molar-refractivity contribution in [3.05, 3.63) is 40.1 Å². The van der Waals surface area contributed by atoms with Crippen molar-refractivity contribution < 1.29 is 4.74 Å². The summed E-state index contributed by atoms with van der Waals surface area (Å²) in [6.45, 7) is 6.34. The van der Waals surface area contributed by atoms with Crippen LogP contribution in [0.1, 0.15) is 30.9 Å². The van der Waals surface area contributed by atoms with Crippen LogP contribution in [0.25, 0.3) is 0 Å². The van der Waals surface area contributed by atoms with Gasteiger partial charge in [0.25, 0.3) is 0 Å². The van der Waals surface area contributed by atoms with Crippen molar-refractivity contribution in [2.75, 3.05) is 12.4 Å². The Bertz CT molecular complexity index is 614. The maximum atomic E-state index is 5.94. The molecule has 1 aromatic carbocycles. The van der Waals surface area contributed by atoms with E-state index in [4.69, 9.17) is 4.74 Å². The molecule has 0 saturated heterocycles. The fraction of sp³-hybridized carbons (Fsp3) is 0.333. The Morgan fingerprint density at radius 3 is 2.65 bits per heavy atom. The number of hydrogen-bond donors (Lipinski definition) is 1. The Morgan fingerprint density at radius 1 is 1.25 bits per heavy atom. The van der Waals surface area contributed by atoms with Crippen LogP contribution in [-0.4, -0.2) is 17.0 Å². The molecule has 1 N–H and O–H groups in total. The molecule has 0 aliphatic heterocycles. The fourth-order valence-corrected chi connectivity index (χ4v) is 2.27. The van der Waals surface area contributed by atoms with Crippen LogP contribution >= 0.6 is 15.9 Å². The van der Waals surface area contributed by atoms with E-state index in [0.717, 1.165) is 15.8 Å². The minimum atomic E-state index is 0.458. The minimum absolute atomic E-state index is 0.458. The summed E-state index contributed by atoms with van der Waals surface area (Å²) >= 11 is 3.46. The van der Waals surface area contributed by atoms with Gasteiger partial charge in [0.05, 0.1) is 0 Å². The molecule has 0 aliphatic carbocycles. The maximum absolute atomic E-state index is 5.94. The molecule has 0 atom stereocenters. The predicted octanol–water partition coefficient (Wildman–Crippen LogP) is 4.50. The highest BCUT2D eigenvalue weighted by Crippen LogP contribution is 2.34. The van der Waals surface area contributed by atoms with Crippen LogP contribution in [0.3, 0.4) is 0 Å². The summed E-state index contributed by atoms with van der Waals surface area (Å²) in [4.78, 5) is 8.30. The zero-order valence-corrected chi connectivity index (χ0v) is 13.7. The van der Waals surface area contributed by atoms with E-state index in [9.17, 15) is 0 Å². The van der Waals surface area contributed by atoms with Crippen molar-refractivity contribution in [1.82, 2.24) is 9.97 Å². The van der Waals surface area contributed by atoms with Crippen molar-refractivity contribution >= 4 is 21.7 Å². The zero-order valence-electron chi connectivity index (χ0n) is 12.1. The van der Waals surface area contributed by atoms with Crippen LogP contribution in [0.4, 0.5) is 5.82 Å². The smallest absolute Gasteiger partial charge is 0.238 e. The summed E-state index contributed by atoms with van der Waals surface area (Å²) in [6, 6.07) is 6.26. The number of hydrogen-bond acceptors (Lipinski definition) is 4. The third-order valence-corrected chi connectivity index (χ3v) is 3.79. The van der Waals surface area contributed by atoms with Gasteiger partial charge >= 0.3 is 0 Å². The van der Waals surface area contributed by atoms with E-state index >= 15 is 0 Å². The van der Waals surface area contributed by atoms with E-state index in [1.807, 2.05) is 14.0 Å². The van der Waals surface area contributed by atoms with Gasteiger partial charge in [0, 0.05) is 7.05 Å². The molecule has 4 nitrogen and oxygen atoms in total. The van der Waals surface area contributed by atoms with Crippen molar-refractivity contribution in [2.24, 2.45) is 0 Å². The maximum Gasteiger partial charge on any atom is 0.238 e. The first-order valence-electron chi connectivity index (χ1n) is 6.49. The third kappa shape index (κ3) is 3.10. The second-order valence-electron chi connectivity index (χ2n) is 4.87. The summed E-state index contributed by atoms with van der Waals surface area (Å²) in [6.07, 6.45) is 1.48. The lowest BCUT2D eigenvalue weighted by molar-refractivity contribution is 0.454. The number of nitrogens with one attached hydrogen (secondary N) is 1. The van der Waals surface area contributed by atoms with Crippen LogP contribution < -0.4 is 10.1 Å². The Balaban J connectivity index is 2.37. The number of anilines is 1. The number of aromatic nitrogens is 2. The van der Waals surface area contributed by atoms with Crippen molar-refractivity contribution in [3.63, 3.8) is 0 Å². The van der Waals surface area contributed by atoms with E-state index < -0.39 is 0 Å². The molecule has 2 aromatic rings. The minimum Gasteiger partial charge on any atom is -0.437 e. The normalized spacial score (nSPS) is 10.7. The second kappa shape index (κ2) is 6.22. The van der Waals surface area contributed by atoms with Gasteiger partial charge in [-0.25, -0.2) is 9.97 Å². The number of rotatable bonds is 4. The average Bonchev–Trinajstić information content (AvgIpc) is 2.43. The van der Waals surface area contributed by atoms with E-state index in [2.05, 4.69) is 63.3 Å². The van der Waals surface area contributed by atoms with E-state index in [0.29, 0.717) is 17.6 Å². The molecule has 0 saturated carbocycles. The van der Waals surface area contributed by atoms with Gasteiger partial charge in [-0.3, -0.25) is 0 Å². The standard InChI is InChI=1S/C15H18BrN3O/c1-9(2)11-6-5-10(3)12(7-11)20-15-13(16)14(17-4)18-8-19-15/h5-9H,1-4H3,(H,17,18,19). The summed E-state index contributed by atoms with van der Waals surface area (Å²) in [5.74, 6) is 2.48. The lowest BCUT2D eigenvalue weighted by Crippen LogP contribution is -1.99. The van der Waals surface area contributed by atoms with Crippen LogP contribution in [-0.2, 0) is 0 Å². The zero-order chi connectivity index (χ0) is 14.7. The van der Waals surface area contributed by atoms with Crippen LogP contribution in [0.2, 0.25) is 0 Å². The SMILES string of the molecule is CNc1ncnc(Oc2cc(C(C)C)ccc2C)c1Br. The first kappa shape index (κ1) is 14.8. The molecular formula is C15H18BrN3O. The Kier molecular flexibility index (Phi) is 4.60. The highest BCUT2D eigenvalue weighted by molar-refractivity contribution is 9.10. The molecule has 1 heterocycles. The van der Waals surface area contributed by atoms with Gasteiger partial charge < -0.3 is 10.1 Å². The van der Waals surface area contributed by atoms with Crippen molar-refractivity contribution in [2.45, 2.75) is 26.7 Å². The van der Waals surface area contributed by atoms with Crippen LogP contribution in [0, 0.1) is 6.92 Å². The quantitative estimate of drug-likeness (QED) is 0.893. The molecular weight excluding hydrogens is 318 g/mol. The monoisotopic (exact) mass is 335 g/mol. The first-order chi connectivity index (χ1) is 9.52. The van der Waals surface area contributed by atoms with Gasteiger partial charge in [-0.05, 0) is 46.0 Å². The summed E-state index contributed by atoms with van der Waals surface area (Å²) in [7, 11) is 1.81. The molecule has 0 radical (unpaired) electrons. The Morgan fingerprint density at radius 2 is 2.00 bits per heavy atom. The van der Waals surface area contributed by atoms with Crippen LogP contribution in [0.5, 0.6) is 11.6 Å². The number of halogens is 1. The molecule has 0 aliphatic rings. The summed E-state index contributed by atoms with van der Waals surface area (Å²) in [5.41, 5.74) is 2.32. The van der Waals surface area contributed by atoms with Gasteiger partial charge in [-0.15, -0.1) is 0 Å². The topological polar surface area (TPSA) is 47.0 Å². The first-order valence-corrected chi connectivity index (χ1v) is 7.29. The predicted molar refractivity (Wildman–Crippen MR) is 84.6 cm³/mol. The fourth-order valence-electron chi connectivity index (χ4n) is 1.79. The Hall–Kier alpha value is -1.62. The lowest BCUT2D eigenvalue weighted by atomic mass is 10.0. The molecule has 0 bridgehead atoms. The molecule has 20 heavy (non-hydrogen) atoms. The van der Waals surface area contributed by atoms with E-state index in [1.165, 1.54) is 11.9 Å². The van der Waals surface area contributed by atoms with Crippen molar-refractivity contribution in [1.29, 1.82) is 0 Å². The van der Waals surface area contributed by atoms with E-state index in [-0.39, 0.29) is 0 Å². The molecule has 1 aromatic heterocycles. The van der Waals surface area contributed by atoms with Gasteiger partial charge in [-0.1, -0.05) is 26.0 Å². The highest BCUT2D eigenvalue weighted by Gasteiger charge is 2.12. The molecule has 106 valence electrons. The lowest BCUT2D eigenvalue weighted by Gasteiger charge is -2.13. The Labute approximate surface area is 127 Å². The van der Waals surface area contributed by atoms with Crippen molar-refractivity contribution in [3.8, 4) is 11.6 Å². The van der Waals surface area contributed by atoms with E-state index in [1.54, 1.807) is 0 Å². The molecule has 0 amide bonds. The van der Waals surface area contributed by atoms with Crippen LogP contribution in [0.15, 0.2) is 29.0 Å². The number of aryl methyl sites for hydroxylation is 1. The highest BCUT2D eigenvalue weighted by atomic mass is 79.9. The van der Waals surface area contributed by atoms with Gasteiger partial charge in [0.15, 0.2) is 0 Å². The third-order valence-electron chi connectivity index (χ3n) is 3.08. The van der Waals surface area contributed by atoms with Gasteiger partial charge in [0.2, 0.25) is 5.88 Å². The summed E-state index contributed by atoms with van der Waals surface area (Å²) < 4.78 is 6.65. The van der Waals surface area contributed by atoms with Gasteiger partial charge in [-0.2, -0.15) is 0 Å². The molecule has 2 rings (SSSR count). The van der Waals surface area contributed by atoms with Gasteiger partial charge in [0.1, 0.15) is 22.4 Å². The average molecular weight is 336 g/mol. The largest absolute Gasteiger partial charge is 0.437 e. The molecule has 0 spiro atoms.